The fraction of sp³-hybridized carbons (Fsp3) is 0.147. The van der Waals surface area contributed by atoms with Crippen molar-refractivity contribution in [3.05, 3.63) is 136 Å². The van der Waals surface area contributed by atoms with Gasteiger partial charge in [-0.2, -0.15) is 0 Å². The molecular weight excluding hydrogens is 593 g/mol. The summed E-state index contributed by atoms with van der Waals surface area (Å²) in [7, 11) is 0. The van der Waals surface area contributed by atoms with E-state index >= 15 is 0 Å². The Morgan fingerprint density at radius 3 is 2.39 bits per heavy atom. The Kier molecular flexibility index (Phi) is 8.53. The lowest BCUT2D eigenvalue weighted by molar-refractivity contribution is -0.132. The Morgan fingerprint density at radius 2 is 1.66 bits per heavy atom. The monoisotopic (exact) mass is 620 g/mol. The molecule has 1 fully saturated rings. The van der Waals surface area contributed by atoms with Crippen molar-refractivity contribution in [2.24, 2.45) is 0 Å². The number of aryl methyl sites for hydroxylation is 2. The van der Waals surface area contributed by atoms with Gasteiger partial charge in [-0.25, -0.2) is 0 Å². The van der Waals surface area contributed by atoms with E-state index in [2.05, 4.69) is 45.5 Å². The normalized spacial score (nSPS) is 16.0. The number of ether oxygens (including phenoxy) is 1. The molecule has 6 rings (SSSR count). The lowest BCUT2D eigenvalue weighted by atomic mass is 9.96. The summed E-state index contributed by atoms with van der Waals surface area (Å²) in [6.45, 7) is 4.46. The summed E-state index contributed by atoms with van der Waals surface area (Å²) in [5, 5.41) is 20.3. The minimum Gasteiger partial charge on any atom is -0.507 e. The topological polar surface area (TPSA) is 106 Å². The number of pyridine rings is 1. The fourth-order valence-corrected chi connectivity index (χ4v) is 6.74. The number of rotatable bonds is 9. The van der Waals surface area contributed by atoms with Crippen LogP contribution >= 0.6 is 23.1 Å². The number of Topliss-reactive ketones (excluding diaryl/α,β-unsaturated/α-hetero) is 1. The first-order chi connectivity index (χ1) is 21.4. The molecule has 0 bridgehead atoms. The third kappa shape index (κ3) is 6.27. The maximum atomic E-state index is 13.5. The van der Waals surface area contributed by atoms with Crippen molar-refractivity contribution in [1.82, 2.24) is 15.2 Å². The third-order valence-electron chi connectivity index (χ3n) is 7.17. The second-order valence-electron chi connectivity index (χ2n) is 10.4. The van der Waals surface area contributed by atoms with Gasteiger partial charge in [0, 0.05) is 23.7 Å². The molecule has 1 aliphatic rings. The number of amides is 1. The Labute approximate surface area is 263 Å². The van der Waals surface area contributed by atoms with Crippen LogP contribution in [0.4, 0.5) is 5.13 Å². The van der Waals surface area contributed by atoms with E-state index in [-0.39, 0.29) is 16.5 Å². The van der Waals surface area contributed by atoms with Gasteiger partial charge in [-0.05, 0) is 66.9 Å². The van der Waals surface area contributed by atoms with Crippen LogP contribution in [0.15, 0.2) is 107 Å². The van der Waals surface area contributed by atoms with Gasteiger partial charge >= 0.3 is 5.91 Å². The van der Waals surface area contributed by atoms with Crippen LogP contribution in [0.1, 0.15) is 39.4 Å². The number of carbonyl (C=O) groups excluding carboxylic acids is 2. The van der Waals surface area contributed by atoms with Gasteiger partial charge in [0.1, 0.15) is 18.1 Å². The molecule has 2 aromatic heterocycles. The summed E-state index contributed by atoms with van der Waals surface area (Å²) >= 11 is 2.74. The molecule has 3 aromatic carbocycles. The van der Waals surface area contributed by atoms with Crippen LogP contribution in [-0.2, 0) is 21.9 Å². The first-order valence-corrected chi connectivity index (χ1v) is 15.7. The molecule has 8 nitrogen and oxygen atoms in total. The molecule has 10 heteroatoms. The number of aliphatic hydroxyl groups excluding tert-OH is 1. The molecule has 1 saturated heterocycles. The fourth-order valence-electron chi connectivity index (χ4n) is 4.91. The number of hydrogen-bond acceptors (Lipinski definition) is 9. The highest BCUT2D eigenvalue weighted by Gasteiger charge is 2.48. The van der Waals surface area contributed by atoms with Crippen molar-refractivity contribution in [2.45, 2.75) is 36.6 Å². The molecule has 220 valence electrons. The number of benzene rings is 3. The smallest absolute Gasteiger partial charge is 0.301 e. The Bertz CT molecular complexity index is 1840. The van der Waals surface area contributed by atoms with Crippen LogP contribution in [-0.4, -0.2) is 32.0 Å². The molecule has 3 heterocycles. The zero-order chi connectivity index (χ0) is 30.6. The van der Waals surface area contributed by atoms with E-state index < -0.39 is 17.7 Å². The second kappa shape index (κ2) is 12.8. The lowest BCUT2D eigenvalue weighted by Crippen LogP contribution is -2.29. The zero-order valence-corrected chi connectivity index (χ0v) is 25.6. The predicted molar refractivity (Wildman–Crippen MR) is 172 cm³/mol. The molecule has 1 aliphatic heterocycles. The molecule has 0 aliphatic carbocycles. The quantitative estimate of drug-likeness (QED) is 0.0615. The highest BCUT2D eigenvalue weighted by atomic mass is 32.2. The van der Waals surface area contributed by atoms with Gasteiger partial charge in [0.15, 0.2) is 4.34 Å². The minimum atomic E-state index is -0.904. The molecule has 44 heavy (non-hydrogen) atoms. The van der Waals surface area contributed by atoms with Crippen LogP contribution in [0, 0.1) is 13.8 Å². The standard InChI is InChI=1S/C34H28N4O4S2/c1-21-6-8-23(9-7-21)20-43-34-37-36-33(44-34)38-29(25-14-16-35-17-15-25)28(31(40)32(38)41)30(39)26-10-12-27(13-11-26)42-19-24-5-3-4-22(2)18-24/h3-18,29,39H,19-20H2,1-2H3/b30-28+. The zero-order valence-electron chi connectivity index (χ0n) is 24.0. The number of carbonyl (C=O) groups is 2. The molecule has 0 saturated carbocycles. The van der Waals surface area contributed by atoms with Crippen molar-refractivity contribution in [1.29, 1.82) is 0 Å². The first-order valence-electron chi connectivity index (χ1n) is 13.9. The van der Waals surface area contributed by atoms with Crippen molar-refractivity contribution < 1.29 is 19.4 Å². The summed E-state index contributed by atoms with van der Waals surface area (Å²) in [6, 6.07) is 25.6. The van der Waals surface area contributed by atoms with E-state index in [1.165, 1.54) is 33.6 Å². The maximum Gasteiger partial charge on any atom is 0.301 e. The summed E-state index contributed by atoms with van der Waals surface area (Å²) in [5.74, 6) is -0.562. The number of anilines is 1. The van der Waals surface area contributed by atoms with E-state index in [4.69, 9.17) is 4.74 Å². The van der Waals surface area contributed by atoms with E-state index in [0.29, 0.717) is 33.6 Å². The van der Waals surface area contributed by atoms with Crippen LogP contribution in [0.3, 0.4) is 0 Å². The lowest BCUT2D eigenvalue weighted by Gasteiger charge is -2.22. The van der Waals surface area contributed by atoms with Crippen LogP contribution < -0.4 is 9.64 Å². The van der Waals surface area contributed by atoms with Gasteiger partial charge in [-0.3, -0.25) is 19.5 Å². The van der Waals surface area contributed by atoms with Gasteiger partial charge in [-0.1, -0.05) is 82.8 Å². The SMILES string of the molecule is Cc1ccc(CSc2nnc(N3C(=O)C(=O)/C(=C(/O)c4ccc(OCc5cccc(C)c5)cc4)C3c3ccncc3)s2)cc1. The van der Waals surface area contributed by atoms with E-state index in [9.17, 15) is 14.7 Å². The van der Waals surface area contributed by atoms with Crippen LogP contribution in [0.2, 0.25) is 0 Å². The van der Waals surface area contributed by atoms with Gasteiger partial charge in [-0.15, -0.1) is 10.2 Å². The maximum absolute atomic E-state index is 13.5. The van der Waals surface area contributed by atoms with Gasteiger partial charge in [0.05, 0.1) is 11.6 Å². The van der Waals surface area contributed by atoms with Crippen LogP contribution in [0.5, 0.6) is 5.75 Å². The summed E-state index contributed by atoms with van der Waals surface area (Å²) < 4.78 is 6.58. The molecule has 1 N–H and O–H groups in total. The van der Waals surface area contributed by atoms with E-state index in [0.717, 1.165) is 16.7 Å². The average Bonchev–Trinajstić information content (AvgIpc) is 3.62. The third-order valence-corrected chi connectivity index (χ3v) is 9.29. The number of thioether (sulfide) groups is 1. The predicted octanol–water partition coefficient (Wildman–Crippen LogP) is 7.05. The van der Waals surface area contributed by atoms with Crippen molar-refractivity contribution in [2.75, 3.05) is 4.90 Å². The number of aliphatic hydroxyl groups is 1. The molecule has 0 radical (unpaired) electrons. The van der Waals surface area contributed by atoms with E-state index in [1.54, 1.807) is 48.8 Å². The van der Waals surface area contributed by atoms with Crippen molar-refractivity contribution in [3.8, 4) is 5.75 Å². The summed E-state index contributed by atoms with van der Waals surface area (Å²) in [6.07, 6.45) is 3.16. The molecule has 0 spiro atoms. The average molecular weight is 621 g/mol. The van der Waals surface area contributed by atoms with Crippen molar-refractivity contribution in [3.63, 3.8) is 0 Å². The summed E-state index contributed by atoms with van der Waals surface area (Å²) in [4.78, 5) is 32.4. The molecule has 1 unspecified atom stereocenters. The Balaban J connectivity index is 1.27. The number of nitrogens with zero attached hydrogens (tertiary/aromatic N) is 4. The number of aromatic nitrogens is 3. The van der Waals surface area contributed by atoms with Gasteiger partial charge in [0.25, 0.3) is 5.78 Å². The summed E-state index contributed by atoms with van der Waals surface area (Å²) in [5.41, 5.74) is 5.49. The highest BCUT2D eigenvalue weighted by Crippen LogP contribution is 2.44. The van der Waals surface area contributed by atoms with Gasteiger partial charge < -0.3 is 9.84 Å². The molecule has 1 atom stereocenters. The number of ketones is 1. The van der Waals surface area contributed by atoms with E-state index in [1.807, 2.05) is 32.0 Å². The van der Waals surface area contributed by atoms with Gasteiger partial charge in [0.2, 0.25) is 5.13 Å². The largest absolute Gasteiger partial charge is 0.507 e. The Hall–Kier alpha value is -4.80. The first kappa shape index (κ1) is 29.3. The molecule has 1 amide bonds. The highest BCUT2D eigenvalue weighted by molar-refractivity contribution is 8.00. The molecular formula is C34H28N4O4S2. The second-order valence-corrected chi connectivity index (χ2v) is 12.6. The minimum absolute atomic E-state index is 0.0290. The van der Waals surface area contributed by atoms with Crippen LogP contribution in [0.25, 0.3) is 5.76 Å². The number of hydrogen-bond donors (Lipinski definition) is 1. The van der Waals surface area contributed by atoms with Crippen molar-refractivity contribution >= 4 is 45.7 Å². The Morgan fingerprint density at radius 1 is 0.909 bits per heavy atom. The molecule has 5 aromatic rings.